The Hall–Kier alpha value is -3.42. The molecule has 0 bridgehead atoms. The van der Waals surface area contributed by atoms with Gasteiger partial charge in [-0.15, -0.1) is 0 Å². The maximum absolute atomic E-state index is 9.99. The summed E-state index contributed by atoms with van der Waals surface area (Å²) in [6.07, 6.45) is 3.04. The van der Waals surface area contributed by atoms with Crippen LogP contribution < -0.4 is 10.5 Å². The van der Waals surface area contributed by atoms with Crippen LogP contribution in [-0.2, 0) is 0 Å². The van der Waals surface area contributed by atoms with Crippen molar-refractivity contribution in [1.82, 2.24) is 19.9 Å². The minimum absolute atomic E-state index is 0.0697. The van der Waals surface area contributed by atoms with Gasteiger partial charge in [0.25, 0.3) is 5.88 Å². The lowest BCUT2D eigenvalue weighted by Gasteiger charge is -2.10. The van der Waals surface area contributed by atoms with E-state index in [0.29, 0.717) is 0 Å². The van der Waals surface area contributed by atoms with Crippen LogP contribution in [0.4, 0.5) is 5.82 Å². The second-order valence-electron chi connectivity index (χ2n) is 4.23. The lowest BCUT2D eigenvalue weighted by molar-refractivity contribution is 0.376. The Morgan fingerprint density at radius 1 is 0.909 bits per heavy atom. The number of aromatic hydroxyl groups is 2. The highest BCUT2D eigenvalue weighted by Crippen LogP contribution is 2.37. The zero-order chi connectivity index (χ0) is 15.5. The standard InChI is InChI=1S/C14H11N5O3/c15-11-10(22-9-5-2-1-4-8(9)20)14(21)19-13(18-11)12-16-6-3-7-17-12/h1-7,20H,(H3,15,18,19,21). The van der Waals surface area contributed by atoms with Gasteiger partial charge in [-0.2, -0.15) is 4.98 Å². The van der Waals surface area contributed by atoms with Crippen molar-refractivity contribution in [1.29, 1.82) is 0 Å². The fraction of sp³-hybridized carbons (Fsp3) is 0. The third-order valence-electron chi connectivity index (χ3n) is 2.72. The Labute approximate surface area is 124 Å². The van der Waals surface area contributed by atoms with Crippen molar-refractivity contribution in [2.45, 2.75) is 0 Å². The molecule has 2 heterocycles. The zero-order valence-corrected chi connectivity index (χ0v) is 11.2. The van der Waals surface area contributed by atoms with Gasteiger partial charge >= 0.3 is 0 Å². The molecule has 2 aromatic heterocycles. The Morgan fingerprint density at radius 3 is 2.32 bits per heavy atom. The van der Waals surface area contributed by atoms with E-state index in [1.807, 2.05) is 0 Å². The molecule has 8 heteroatoms. The molecule has 1 aromatic carbocycles. The fourth-order valence-electron chi connectivity index (χ4n) is 1.72. The monoisotopic (exact) mass is 297 g/mol. The summed E-state index contributed by atoms with van der Waals surface area (Å²) in [5, 5.41) is 19.7. The van der Waals surface area contributed by atoms with Crippen LogP contribution in [0.15, 0.2) is 42.7 Å². The second-order valence-corrected chi connectivity index (χ2v) is 4.23. The summed E-state index contributed by atoms with van der Waals surface area (Å²) in [4.78, 5) is 15.8. The number of nitrogens with two attached hydrogens (primary N) is 1. The van der Waals surface area contributed by atoms with Gasteiger partial charge in [0.2, 0.25) is 11.6 Å². The summed E-state index contributed by atoms with van der Waals surface area (Å²) in [6.45, 7) is 0. The van der Waals surface area contributed by atoms with E-state index in [1.165, 1.54) is 24.5 Å². The lowest BCUT2D eigenvalue weighted by Crippen LogP contribution is -2.02. The van der Waals surface area contributed by atoms with Crippen molar-refractivity contribution in [3.8, 4) is 34.8 Å². The topological polar surface area (TPSA) is 127 Å². The normalized spacial score (nSPS) is 10.4. The summed E-state index contributed by atoms with van der Waals surface area (Å²) in [5.41, 5.74) is 5.78. The zero-order valence-electron chi connectivity index (χ0n) is 11.2. The van der Waals surface area contributed by atoms with Crippen molar-refractivity contribution in [2.24, 2.45) is 0 Å². The average molecular weight is 297 g/mol. The van der Waals surface area contributed by atoms with Crippen LogP contribution in [0.3, 0.4) is 0 Å². The van der Waals surface area contributed by atoms with Crippen LogP contribution in [0.25, 0.3) is 11.6 Å². The number of anilines is 1. The highest BCUT2D eigenvalue weighted by Gasteiger charge is 2.17. The minimum atomic E-state index is -0.474. The van der Waals surface area contributed by atoms with E-state index in [0.717, 1.165) is 0 Å². The van der Waals surface area contributed by atoms with E-state index in [2.05, 4.69) is 19.9 Å². The molecule has 0 aliphatic rings. The second kappa shape index (κ2) is 5.52. The molecule has 0 saturated heterocycles. The molecule has 0 fully saturated rings. The predicted octanol–water partition coefficient (Wildman–Crippen LogP) is 1.72. The van der Waals surface area contributed by atoms with Crippen LogP contribution in [0.1, 0.15) is 0 Å². The molecule has 0 radical (unpaired) electrons. The lowest BCUT2D eigenvalue weighted by atomic mass is 10.3. The SMILES string of the molecule is Nc1nc(-c2ncccn2)nc(O)c1Oc1ccccc1O. The first-order chi connectivity index (χ1) is 10.6. The summed E-state index contributed by atoms with van der Waals surface area (Å²) < 4.78 is 5.37. The van der Waals surface area contributed by atoms with Gasteiger partial charge < -0.3 is 20.7 Å². The number of aromatic nitrogens is 4. The van der Waals surface area contributed by atoms with Gasteiger partial charge in [0.05, 0.1) is 0 Å². The van der Waals surface area contributed by atoms with E-state index in [-0.39, 0.29) is 34.7 Å². The number of benzene rings is 1. The Balaban J connectivity index is 1.99. The number of hydrogen-bond donors (Lipinski definition) is 3. The number of phenolic OH excluding ortho intramolecular Hbond substituents is 1. The quantitative estimate of drug-likeness (QED) is 0.666. The van der Waals surface area contributed by atoms with E-state index in [4.69, 9.17) is 10.5 Å². The number of rotatable bonds is 3. The number of hydrogen-bond acceptors (Lipinski definition) is 8. The van der Waals surface area contributed by atoms with Crippen LogP contribution in [0, 0.1) is 0 Å². The average Bonchev–Trinajstić information content (AvgIpc) is 2.53. The number of para-hydroxylation sites is 2. The first-order valence-corrected chi connectivity index (χ1v) is 6.25. The summed E-state index contributed by atoms with van der Waals surface area (Å²) in [5.74, 6) is -0.412. The summed E-state index contributed by atoms with van der Waals surface area (Å²) in [6, 6.07) is 7.90. The number of phenols is 1. The highest BCUT2D eigenvalue weighted by atomic mass is 16.5. The van der Waals surface area contributed by atoms with Crippen molar-refractivity contribution < 1.29 is 14.9 Å². The van der Waals surface area contributed by atoms with Gasteiger partial charge in [-0.3, -0.25) is 0 Å². The van der Waals surface area contributed by atoms with Crippen LogP contribution >= 0.6 is 0 Å². The maximum atomic E-state index is 9.99. The molecule has 0 saturated carbocycles. The number of ether oxygens (including phenoxy) is 1. The third-order valence-corrected chi connectivity index (χ3v) is 2.72. The molecule has 0 aliphatic carbocycles. The molecule has 3 aromatic rings. The van der Waals surface area contributed by atoms with E-state index in [9.17, 15) is 10.2 Å². The molecule has 0 amide bonds. The van der Waals surface area contributed by atoms with Gasteiger partial charge in [0.1, 0.15) is 0 Å². The third kappa shape index (κ3) is 2.57. The van der Waals surface area contributed by atoms with E-state index < -0.39 is 5.88 Å². The Kier molecular flexibility index (Phi) is 3.40. The van der Waals surface area contributed by atoms with Gasteiger partial charge in [-0.05, 0) is 18.2 Å². The molecule has 0 spiro atoms. The van der Waals surface area contributed by atoms with Gasteiger partial charge in [-0.1, -0.05) is 12.1 Å². The van der Waals surface area contributed by atoms with E-state index >= 15 is 0 Å². The number of nitrogen functional groups attached to an aromatic ring is 1. The maximum Gasteiger partial charge on any atom is 0.261 e. The molecular weight excluding hydrogens is 286 g/mol. The smallest absolute Gasteiger partial charge is 0.261 e. The molecule has 8 nitrogen and oxygen atoms in total. The molecular formula is C14H11N5O3. The van der Waals surface area contributed by atoms with E-state index in [1.54, 1.807) is 18.2 Å². The van der Waals surface area contributed by atoms with Crippen LogP contribution in [0.2, 0.25) is 0 Å². The summed E-state index contributed by atoms with van der Waals surface area (Å²) >= 11 is 0. The molecule has 22 heavy (non-hydrogen) atoms. The summed E-state index contributed by atoms with van der Waals surface area (Å²) in [7, 11) is 0. The molecule has 3 rings (SSSR count). The fourth-order valence-corrected chi connectivity index (χ4v) is 1.72. The molecule has 0 aliphatic heterocycles. The van der Waals surface area contributed by atoms with Crippen molar-refractivity contribution >= 4 is 5.82 Å². The van der Waals surface area contributed by atoms with Crippen LogP contribution in [-0.4, -0.2) is 30.1 Å². The molecule has 0 atom stereocenters. The predicted molar refractivity (Wildman–Crippen MR) is 77.3 cm³/mol. The first kappa shape index (κ1) is 13.6. The highest BCUT2D eigenvalue weighted by molar-refractivity contribution is 5.59. The van der Waals surface area contributed by atoms with Crippen LogP contribution in [0.5, 0.6) is 23.1 Å². The minimum Gasteiger partial charge on any atom is -0.504 e. The first-order valence-electron chi connectivity index (χ1n) is 6.25. The molecule has 4 N–H and O–H groups in total. The van der Waals surface area contributed by atoms with Crippen molar-refractivity contribution in [3.63, 3.8) is 0 Å². The Morgan fingerprint density at radius 2 is 1.64 bits per heavy atom. The van der Waals surface area contributed by atoms with Gasteiger partial charge in [0, 0.05) is 12.4 Å². The Bertz CT molecular complexity index is 788. The largest absolute Gasteiger partial charge is 0.504 e. The van der Waals surface area contributed by atoms with Crippen molar-refractivity contribution in [3.05, 3.63) is 42.7 Å². The number of nitrogens with zero attached hydrogens (tertiary/aromatic N) is 4. The van der Waals surface area contributed by atoms with Crippen molar-refractivity contribution in [2.75, 3.05) is 5.73 Å². The molecule has 0 unspecified atom stereocenters. The van der Waals surface area contributed by atoms with Gasteiger partial charge in [-0.25, -0.2) is 15.0 Å². The molecule has 110 valence electrons. The van der Waals surface area contributed by atoms with Gasteiger partial charge in [0.15, 0.2) is 23.1 Å².